The van der Waals surface area contributed by atoms with E-state index in [1.807, 2.05) is 6.07 Å². The summed E-state index contributed by atoms with van der Waals surface area (Å²) in [6.07, 6.45) is 0.315. The standard InChI is InChI=1S/C12H17BrN2O4S2/c1-14-7-9-2-3-11(13)12(6-9)21(18,19)15-10-4-5-20(16,17)8-10/h2-3,6,10,14-15H,4-5,7-8H2,1H3. The molecule has 2 rings (SSSR count). The summed E-state index contributed by atoms with van der Waals surface area (Å²) < 4.78 is 50.6. The van der Waals surface area contributed by atoms with Crippen molar-refractivity contribution in [2.24, 2.45) is 0 Å². The van der Waals surface area contributed by atoms with Gasteiger partial charge < -0.3 is 5.32 Å². The molecule has 1 aliphatic rings. The van der Waals surface area contributed by atoms with Crippen LogP contribution in [0, 0.1) is 0 Å². The summed E-state index contributed by atoms with van der Waals surface area (Å²) in [6.45, 7) is 0.549. The highest BCUT2D eigenvalue weighted by Crippen LogP contribution is 2.24. The number of halogens is 1. The van der Waals surface area contributed by atoms with E-state index in [-0.39, 0.29) is 16.4 Å². The molecule has 1 aromatic rings. The lowest BCUT2D eigenvalue weighted by atomic mass is 10.2. The SMILES string of the molecule is CNCc1ccc(Br)c(S(=O)(=O)NC2CCS(=O)(=O)C2)c1. The van der Waals surface area contributed by atoms with Gasteiger partial charge in [0.2, 0.25) is 10.0 Å². The molecule has 118 valence electrons. The summed E-state index contributed by atoms with van der Waals surface area (Å²) >= 11 is 3.23. The predicted molar refractivity (Wildman–Crippen MR) is 84.3 cm³/mol. The van der Waals surface area contributed by atoms with E-state index in [0.717, 1.165) is 5.56 Å². The maximum atomic E-state index is 12.4. The zero-order chi connectivity index (χ0) is 15.7. The van der Waals surface area contributed by atoms with Gasteiger partial charge in [-0.2, -0.15) is 0 Å². The van der Waals surface area contributed by atoms with Crippen molar-refractivity contribution in [3.05, 3.63) is 28.2 Å². The van der Waals surface area contributed by atoms with E-state index in [1.165, 1.54) is 0 Å². The zero-order valence-corrected chi connectivity index (χ0v) is 14.7. The van der Waals surface area contributed by atoms with Crippen LogP contribution in [-0.2, 0) is 26.4 Å². The van der Waals surface area contributed by atoms with E-state index in [0.29, 0.717) is 17.4 Å². The predicted octanol–water partition coefficient (Wildman–Crippen LogP) is 0.634. The van der Waals surface area contributed by atoms with Crippen LogP contribution in [0.5, 0.6) is 0 Å². The fourth-order valence-corrected chi connectivity index (χ4v) is 6.30. The van der Waals surface area contributed by atoms with Crippen LogP contribution in [-0.4, -0.2) is 41.4 Å². The fraction of sp³-hybridized carbons (Fsp3) is 0.500. The minimum Gasteiger partial charge on any atom is -0.316 e. The molecule has 1 heterocycles. The summed E-state index contributed by atoms with van der Waals surface area (Å²) in [6, 6.07) is 4.51. The molecule has 1 atom stereocenters. The molecule has 6 nitrogen and oxygen atoms in total. The van der Waals surface area contributed by atoms with Gasteiger partial charge in [-0.3, -0.25) is 0 Å². The maximum absolute atomic E-state index is 12.4. The van der Waals surface area contributed by atoms with Crippen LogP contribution in [0.1, 0.15) is 12.0 Å². The van der Waals surface area contributed by atoms with Gasteiger partial charge in [-0.05, 0) is 47.1 Å². The highest BCUT2D eigenvalue weighted by Gasteiger charge is 2.32. The molecule has 1 aromatic carbocycles. The van der Waals surface area contributed by atoms with Crippen molar-refractivity contribution in [3.63, 3.8) is 0 Å². The Morgan fingerprint density at radius 1 is 1.38 bits per heavy atom. The molecule has 1 fully saturated rings. The lowest BCUT2D eigenvalue weighted by Gasteiger charge is -2.14. The summed E-state index contributed by atoms with van der Waals surface area (Å²) in [5.41, 5.74) is 0.833. The fourth-order valence-electron chi connectivity index (χ4n) is 2.24. The van der Waals surface area contributed by atoms with Crippen LogP contribution in [0.4, 0.5) is 0 Å². The number of sulfone groups is 1. The first-order valence-electron chi connectivity index (χ1n) is 6.39. The molecular formula is C12H17BrN2O4S2. The summed E-state index contributed by atoms with van der Waals surface area (Å²) in [4.78, 5) is 0.125. The Bertz CT molecular complexity index is 732. The van der Waals surface area contributed by atoms with Crippen molar-refractivity contribution in [1.29, 1.82) is 0 Å². The molecule has 0 spiro atoms. The molecule has 0 amide bonds. The number of nitrogens with one attached hydrogen (secondary N) is 2. The molecule has 0 aromatic heterocycles. The Morgan fingerprint density at radius 3 is 2.67 bits per heavy atom. The van der Waals surface area contributed by atoms with Gasteiger partial charge in [-0.1, -0.05) is 6.07 Å². The van der Waals surface area contributed by atoms with Gasteiger partial charge in [0.15, 0.2) is 9.84 Å². The van der Waals surface area contributed by atoms with Crippen LogP contribution in [0.2, 0.25) is 0 Å². The number of rotatable bonds is 5. The Kier molecular flexibility index (Phi) is 5.09. The molecule has 21 heavy (non-hydrogen) atoms. The van der Waals surface area contributed by atoms with Gasteiger partial charge in [0.05, 0.1) is 16.4 Å². The van der Waals surface area contributed by atoms with Gasteiger partial charge in [0, 0.05) is 17.1 Å². The van der Waals surface area contributed by atoms with Gasteiger partial charge >= 0.3 is 0 Å². The van der Waals surface area contributed by atoms with Crippen LogP contribution >= 0.6 is 15.9 Å². The third-order valence-electron chi connectivity index (χ3n) is 3.22. The molecule has 1 saturated heterocycles. The molecule has 1 aliphatic heterocycles. The first-order valence-corrected chi connectivity index (χ1v) is 10.5. The normalized spacial score (nSPS) is 21.5. The Hall–Kier alpha value is -0.480. The van der Waals surface area contributed by atoms with Crippen molar-refractivity contribution < 1.29 is 16.8 Å². The topological polar surface area (TPSA) is 92.3 Å². The molecular weight excluding hydrogens is 380 g/mol. The number of benzene rings is 1. The Morgan fingerprint density at radius 2 is 2.10 bits per heavy atom. The molecule has 9 heteroatoms. The van der Waals surface area contributed by atoms with E-state index in [4.69, 9.17) is 0 Å². The lowest BCUT2D eigenvalue weighted by molar-refractivity contribution is 0.561. The Balaban J connectivity index is 2.25. The quantitative estimate of drug-likeness (QED) is 0.761. The van der Waals surface area contributed by atoms with E-state index in [1.54, 1.807) is 19.2 Å². The van der Waals surface area contributed by atoms with Crippen LogP contribution < -0.4 is 10.0 Å². The zero-order valence-electron chi connectivity index (χ0n) is 11.5. The molecule has 2 N–H and O–H groups in total. The summed E-state index contributed by atoms with van der Waals surface area (Å²) in [5, 5.41) is 2.96. The van der Waals surface area contributed by atoms with Crippen LogP contribution in [0.3, 0.4) is 0 Å². The maximum Gasteiger partial charge on any atom is 0.241 e. The number of hydrogen-bond donors (Lipinski definition) is 2. The second-order valence-electron chi connectivity index (χ2n) is 5.02. The van der Waals surface area contributed by atoms with E-state index in [9.17, 15) is 16.8 Å². The van der Waals surface area contributed by atoms with Crippen molar-refractivity contribution >= 4 is 35.8 Å². The molecule has 0 radical (unpaired) electrons. The average Bonchev–Trinajstić information content (AvgIpc) is 2.70. The smallest absolute Gasteiger partial charge is 0.241 e. The summed E-state index contributed by atoms with van der Waals surface area (Å²) in [7, 11) is -5.10. The third-order valence-corrected chi connectivity index (χ3v) is 7.50. The number of sulfonamides is 1. The highest BCUT2D eigenvalue weighted by molar-refractivity contribution is 9.10. The molecule has 1 unspecified atom stereocenters. The highest BCUT2D eigenvalue weighted by atomic mass is 79.9. The van der Waals surface area contributed by atoms with Crippen LogP contribution in [0.25, 0.3) is 0 Å². The van der Waals surface area contributed by atoms with Gasteiger partial charge in [0.1, 0.15) is 0 Å². The molecule has 0 aliphatic carbocycles. The Labute approximate surface area is 133 Å². The van der Waals surface area contributed by atoms with E-state index >= 15 is 0 Å². The first-order chi connectivity index (χ1) is 9.73. The van der Waals surface area contributed by atoms with Gasteiger partial charge in [0.25, 0.3) is 0 Å². The lowest BCUT2D eigenvalue weighted by Crippen LogP contribution is -2.35. The molecule has 0 bridgehead atoms. The second-order valence-corrected chi connectivity index (χ2v) is 9.78. The van der Waals surface area contributed by atoms with Crippen molar-refractivity contribution in [2.45, 2.75) is 23.9 Å². The second kappa shape index (κ2) is 6.33. The van der Waals surface area contributed by atoms with E-state index < -0.39 is 25.9 Å². The average molecular weight is 397 g/mol. The molecule has 0 saturated carbocycles. The third kappa shape index (κ3) is 4.26. The summed E-state index contributed by atoms with van der Waals surface area (Å²) in [5.74, 6) is -0.110. The van der Waals surface area contributed by atoms with Gasteiger partial charge in [-0.25, -0.2) is 21.6 Å². The van der Waals surface area contributed by atoms with Crippen molar-refractivity contribution in [3.8, 4) is 0 Å². The minimum absolute atomic E-state index is 0.0289. The van der Waals surface area contributed by atoms with Crippen molar-refractivity contribution in [1.82, 2.24) is 10.0 Å². The minimum atomic E-state index is -3.75. The van der Waals surface area contributed by atoms with Gasteiger partial charge in [-0.15, -0.1) is 0 Å². The monoisotopic (exact) mass is 396 g/mol. The van der Waals surface area contributed by atoms with E-state index in [2.05, 4.69) is 26.0 Å². The largest absolute Gasteiger partial charge is 0.316 e. The number of hydrogen-bond acceptors (Lipinski definition) is 5. The van der Waals surface area contributed by atoms with Crippen LogP contribution in [0.15, 0.2) is 27.6 Å². The first kappa shape index (κ1) is 16.9. The van der Waals surface area contributed by atoms with Crippen molar-refractivity contribution in [2.75, 3.05) is 18.6 Å².